The van der Waals surface area contributed by atoms with E-state index in [0.717, 1.165) is 16.5 Å². The number of benzene rings is 2. The van der Waals surface area contributed by atoms with Crippen molar-refractivity contribution in [1.29, 1.82) is 0 Å². The first kappa shape index (κ1) is 24.5. The van der Waals surface area contributed by atoms with E-state index >= 15 is 0 Å². The fraction of sp³-hybridized carbons (Fsp3) is 0.240. The van der Waals surface area contributed by atoms with Crippen molar-refractivity contribution < 1.29 is 27.5 Å². The Kier molecular flexibility index (Phi) is 7.86. The maximum atomic E-state index is 12.7. The standard InChI is InChI=1S/C25H25N3O6S/c29-23(18-34-24(30)11-8-21-4-1-3-20-5-2-12-26-25(20)21)27-17-19-6-9-22(10-7-19)35(31,32)28-13-15-33-16-14-28/h1-12H,13-18H2,(H,27,29)/b11-8+. The Morgan fingerprint density at radius 2 is 1.80 bits per heavy atom. The van der Waals surface area contributed by atoms with Crippen LogP contribution in [0.3, 0.4) is 0 Å². The maximum absolute atomic E-state index is 12.7. The van der Waals surface area contributed by atoms with Gasteiger partial charge in [0.15, 0.2) is 6.61 Å². The van der Waals surface area contributed by atoms with Crippen molar-refractivity contribution in [2.45, 2.75) is 11.4 Å². The zero-order chi connectivity index (χ0) is 24.7. The second-order valence-corrected chi connectivity index (χ2v) is 9.74. The SMILES string of the molecule is O=C(COC(=O)/C=C/c1cccc2cccnc12)NCc1ccc(S(=O)(=O)N2CCOCC2)cc1. The monoisotopic (exact) mass is 495 g/mol. The Balaban J connectivity index is 1.24. The quantitative estimate of drug-likeness (QED) is 0.376. The van der Waals surface area contributed by atoms with Gasteiger partial charge < -0.3 is 14.8 Å². The van der Waals surface area contributed by atoms with E-state index in [1.54, 1.807) is 24.4 Å². The lowest BCUT2D eigenvalue weighted by Gasteiger charge is -2.26. The van der Waals surface area contributed by atoms with Crippen LogP contribution >= 0.6 is 0 Å². The van der Waals surface area contributed by atoms with Crippen molar-refractivity contribution >= 4 is 38.9 Å². The molecule has 0 radical (unpaired) electrons. The number of pyridine rings is 1. The van der Waals surface area contributed by atoms with Crippen LogP contribution in [0.4, 0.5) is 0 Å². The van der Waals surface area contributed by atoms with E-state index in [1.807, 2.05) is 30.3 Å². The van der Waals surface area contributed by atoms with Gasteiger partial charge >= 0.3 is 5.97 Å². The summed E-state index contributed by atoms with van der Waals surface area (Å²) < 4.78 is 36.9. The molecule has 2 aromatic carbocycles. The summed E-state index contributed by atoms with van der Waals surface area (Å²) in [4.78, 5) is 28.6. The zero-order valence-electron chi connectivity index (χ0n) is 18.9. The molecular weight excluding hydrogens is 470 g/mol. The molecule has 4 rings (SSSR count). The highest BCUT2D eigenvalue weighted by Crippen LogP contribution is 2.18. The number of nitrogens with one attached hydrogen (secondary N) is 1. The largest absolute Gasteiger partial charge is 0.452 e. The molecule has 3 aromatic rings. The number of para-hydroxylation sites is 1. The number of esters is 1. The Bertz CT molecular complexity index is 1330. The van der Waals surface area contributed by atoms with Gasteiger partial charge in [0, 0.05) is 42.9 Å². The minimum atomic E-state index is -3.57. The summed E-state index contributed by atoms with van der Waals surface area (Å²) in [5.74, 6) is -1.12. The number of hydrogen-bond acceptors (Lipinski definition) is 7. The Hall–Kier alpha value is -3.60. The smallest absolute Gasteiger partial charge is 0.331 e. The van der Waals surface area contributed by atoms with Crippen molar-refractivity contribution in [2.24, 2.45) is 0 Å². The van der Waals surface area contributed by atoms with Gasteiger partial charge in [-0.15, -0.1) is 0 Å². The maximum Gasteiger partial charge on any atom is 0.331 e. The van der Waals surface area contributed by atoms with Crippen LogP contribution in [-0.4, -0.2) is 62.5 Å². The highest BCUT2D eigenvalue weighted by Gasteiger charge is 2.26. The van der Waals surface area contributed by atoms with E-state index in [1.165, 1.54) is 22.5 Å². The number of fused-ring (bicyclic) bond motifs is 1. The second kappa shape index (κ2) is 11.2. The van der Waals surface area contributed by atoms with E-state index in [9.17, 15) is 18.0 Å². The first-order valence-electron chi connectivity index (χ1n) is 11.1. The number of ether oxygens (including phenoxy) is 2. The van der Waals surface area contributed by atoms with Crippen LogP contribution in [0.2, 0.25) is 0 Å². The molecule has 0 atom stereocenters. The van der Waals surface area contributed by atoms with Gasteiger partial charge in [-0.2, -0.15) is 4.31 Å². The molecule has 9 nitrogen and oxygen atoms in total. The average Bonchev–Trinajstić information content (AvgIpc) is 2.90. The molecule has 1 aliphatic heterocycles. The number of carbonyl (C=O) groups excluding carboxylic acids is 2. The average molecular weight is 496 g/mol. The molecule has 1 aliphatic rings. The third-order valence-corrected chi connectivity index (χ3v) is 7.34. The van der Waals surface area contributed by atoms with Gasteiger partial charge in [0.05, 0.1) is 23.6 Å². The summed E-state index contributed by atoms with van der Waals surface area (Å²) >= 11 is 0. The molecule has 10 heteroatoms. The Morgan fingerprint density at radius 3 is 2.57 bits per heavy atom. The normalized spacial score (nSPS) is 14.7. The predicted octanol–water partition coefficient (Wildman–Crippen LogP) is 2.13. The lowest BCUT2D eigenvalue weighted by Crippen LogP contribution is -2.40. The molecule has 1 N–H and O–H groups in total. The van der Waals surface area contributed by atoms with Crippen LogP contribution < -0.4 is 5.32 Å². The molecular formula is C25H25N3O6S. The third-order valence-electron chi connectivity index (χ3n) is 5.43. The number of nitrogens with zero attached hydrogens (tertiary/aromatic N) is 2. The van der Waals surface area contributed by atoms with Crippen LogP contribution in [0, 0.1) is 0 Å². The van der Waals surface area contributed by atoms with Crippen LogP contribution in [-0.2, 0) is 35.6 Å². The van der Waals surface area contributed by atoms with Crippen LogP contribution in [0.15, 0.2) is 71.8 Å². The van der Waals surface area contributed by atoms with Crippen molar-refractivity contribution in [2.75, 3.05) is 32.9 Å². The fourth-order valence-electron chi connectivity index (χ4n) is 3.57. The van der Waals surface area contributed by atoms with Crippen molar-refractivity contribution in [1.82, 2.24) is 14.6 Å². The summed E-state index contributed by atoms with van der Waals surface area (Å²) in [6, 6.07) is 15.7. The summed E-state index contributed by atoms with van der Waals surface area (Å²) in [7, 11) is -3.57. The highest BCUT2D eigenvalue weighted by atomic mass is 32.2. The Labute approximate surface area is 203 Å². The molecule has 0 spiro atoms. The van der Waals surface area contributed by atoms with Gasteiger partial charge in [-0.3, -0.25) is 9.78 Å². The first-order chi connectivity index (χ1) is 16.9. The van der Waals surface area contributed by atoms with Gasteiger partial charge in [-0.05, 0) is 29.8 Å². The van der Waals surface area contributed by atoms with Crippen molar-refractivity contribution in [3.8, 4) is 0 Å². The summed E-state index contributed by atoms with van der Waals surface area (Å²) in [5.41, 5.74) is 2.25. The summed E-state index contributed by atoms with van der Waals surface area (Å²) in [5, 5.41) is 3.60. The number of carbonyl (C=O) groups is 2. The molecule has 0 bridgehead atoms. The molecule has 35 heavy (non-hydrogen) atoms. The minimum absolute atomic E-state index is 0.172. The highest BCUT2D eigenvalue weighted by molar-refractivity contribution is 7.89. The van der Waals surface area contributed by atoms with E-state index in [2.05, 4.69) is 10.3 Å². The summed E-state index contributed by atoms with van der Waals surface area (Å²) in [6.07, 6.45) is 4.53. The van der Waals surface area contributed by atoms with Gasteiger partial charge in [-0.1, -0.05) is 36.4 Å². The van der Waals surface area contributed by atoms with E-state index in [0.29, 0.717) is 31.9 Å². The van der Waals surface area contributed by atoms with Crippen molar-refractivity contribution in [3.63, 3.8) is 0 Å². The molecule has 1 saturated heterocycles. The lowest BCUT2D eigenvalue weighted by molar-refractivity contribution is -0.143. The number of hydrogen-bond donors (Lipinski definition) is 1. The molecule has 182 valence electrons. The molecule has 2 heterocycles. The van der Waals surface area contributed by atoms with E-state index < -0.39 is 28.5 Å². The van der Waals surface area contributed by atoms with Crippen molar-refractivity contribution in [3.05, 3.63) is 78.0 Å². The molecule has 0 aliphatic carbocycles. The van der Waals surface area contributed by atoms with Gasteiger partial charge in [0.25, 0.3) is 5.91 Å². The first-order valence-corrected chi connectivity index (χ1v) is 12.5. The second-order valence-electron chi connectivity index (χ2n) is 7.80. The van der Waals surface area contributed by atoms with Gasteiger partial charge in [0.1, 0.15) is 0 Å². The van der Waals surface area contributed by atoms with Gasteiger partial charge in [0.2, 0.25) is 10.0 Å². The third kappa shape index (κ3) is 6.30. The molecule has 1 fully saturated rings. The predicted molar refractivity (Wildman–Crippen MR) is 130 cm³/mol. The van der Waals surface area contributed by atoms with E-state index in [-0.39, 0.29) is 11.4 Å². The number of morpholine rings is 1. The van der Waals surface area contributed by atoms with Crippen LogP contribution in [0.5, 0.6) is 0 Å². The number of aromatic nitrogens is 1. The fourth-order valence-corrected chi connectivity index (χ4v) is 4.98. The van der Waals surface area contributed by atoms with Crippen LogP contribution in [0.1, 0.15) is 11.1 Å². The molecule has 0 unspecified atom stereocenters. The zero-order valence-corrected chi connectivity index (χ0v) is 19.7. The number of sulfonamides is 1. The number of amides is 1. The minimum Gasteiger partial charge on any atom is -0.452 e. The lowest BCUT2D eigenvalue weighted by atomic mass is 10.1. The Morgan fingerprint density at radius 1 is 1.06 bits per heavy atom. The van der Waals surface area contributed by atoms with Gasteiger partial charge in [-0.25, -0.2) is 13.2 Å². The molecule has 0 saturated carbocycles. The molecule has 1 amide bonds. The van der Waals surface area contributed by atoms with E-state index in [4.69, 9.17) is 9.47 Å². The summed E-state index contributed by atoms with van der Waals surface area (Å²) in [6.45, 7) is 1.15. The van der Waals surface area contributed by atoms with Crippen LogP contribution in [0.25, 0.3) is 17.0 Å². The molecule has 1 aromatic heterocycles. The number of rotatable bonds is 8. The topological polar surface area (TPSA) is 115 Å².